The molecule has 0 aliphatic carbocycles. The lowest BCUT2D eigenvalue weighted by Gasteiger charge is -2.15. The van der Waals surface area contributed by atoms with Crippen molar-refractivity contribution in [1.82, 2.24) is 0 Å². The molecule has 0 aliphatic heterocycles. The Labute approximate surface area is 114 Å². The van der Waals surface area contributed by atoms with Crippen molar-refractivity contribution in [2.75, 3.05) is 6.54 Å². The Morgan fingerprint density at radius 2 is 1.63 bits per heavy atom. The van der Waals surface area contributed by atoms with Gasteiger partial charge in [0.2, 0.25) is 0 Å². The molecule has 2 heteroatoms. The maximum atomic E-state index is 10.4. The Kier molecular flexibility index (Phi) is 4.35. The van der Waals surface area contributed by atoms with Crippen LogP contribution in [0.25, 0.3) is 0 Å². The van der Waals surface area contributed by atoms with Crippen molar-refractivity contribution in [3.8, 4) is 0 Å². The second-order valence-corrected chi connectivity index (χ2v) is 5.12. The van der Waals surface area contributed by atoms with Crippen LogP contribution in [0.2, 0.25) is 0 Å². The fraction of sp³-hybridized carbons (Fsp3) is 0.294. The summed E-state index contributed by atoms with van der Waals surface area (Å²) in [4.78, 5) is 0. The van der Waals surface area contributed by atoms with Crippen LogP contribution in [0.3, 0.4) is 0 Å². The van der Waals surface area contributed by atoms with Crippen molar-refractivity contribution < 1.29 is 5.11 Å². The van der Waals surface area contributed by atoms with Gasteiger partial charge in [-0.05, 0) is 36.1 Å². The van der Waals surface area contributed by atoms with E-state index in [1.54, 1.807) is 0 Å². The molecule has 2 aromatic carbocycles. The fourth-order valence-electron chi connectivity index (χ4n) is 2.11. The lowest BCUT2D eigenvalue weighted by atomic mass is 9.94. The number of nitrogens with two attached hydrogens (primary N) is 1. The molecular formula is C17H21NO. The van der Waals surface area contributed by atoms with Crippen LogP contribution < -0.4 is 5.73 Å². The SMILES string of the molecule is Cc1ccc(C(O)c2cccc(C(C)CN)c2)cc1. The van der Waals surface area contributed by atoms with E-state index in [0.29, 0.717) is 12.5 Å². The monoisotopic (exact) mass is 255 g/mol. The number of aliphatic hydroxyl groups is 1. The van der Waals surface area contributed by atoms with Crippen LogP contribution in [0.5, 0.6) is 0 Å². The third-order valence-electron chi connectivity index (χ3n) is 3.54. The Balaban J connectivity index is 2.28. The van der Waals surface area contributed by atoms with Crippen molar-refractivity contribution >= 4 is 0 Å². The van der Waals surface area contributed by atoms with E-state index in [2.05, 4.69) is 13.0 Å². The molecule has 2 atom stereocenters. The summed E-state index contributed by atoms with van der Waals surface area (Å²) in [6.45, 7) is 4.75. The molecule has 2 nitrogen and oxygen atoms in total. The molecule has 0 spiro atoms. The third-order valence-corrected chi connectivity index (χ3v) is 3.54. The van der Waals surface area contributed by atoms with Gasteiger partial charge in [-0.3, -0.25) is 0 Å². The van der Waals surface area contributed by atoms with Crippen molar-refractivity contribution in [3.05, 3.63) is 70.8 Å². The zero-order valence-electron chi connectivity index (χ0n) is 11.5. The zero-order chi connectivity index (χ0) is 13.8. The highest BCUT2D eigenvalue weighted by Gasteiger charge is 2.12. The molecular weight excluding hydrogens is 234 g/mol. The van der Waals surface area contributed by atoms with E-state index in [1.807, 2.05) is 49.4 Å². The first-order chi connectivity index (χ1) is 9.11. The molecule has 0 radical (unpaired) electrons. The minimum Gasteiger partial charge on any atom is -0.384 e. The molecule has 0 fully saturated rings. The van der Waals surface area contributed by atoms with Gasteiger partial charge >= 0.3 is 0 Å². The average Bonchev–Trinajstić information content (AvgIpc) is 2.46. The number of rotatable bonds is 4. The number of hydrogen-bond acceptors (Lipinski definition) is 2. The Hall–Kier alpha value is -1.64. The summed E-state index contributed by atoms with van der Waals surface area (Å²) >= 11 is 0. The van der Waals surface area contributed by atoms with Gasteiger partial charge in [-0.25, -0.2) is 0 Å². The van der Waals surface area contributed by atoms with Crippen molar-refractivity contribution in [3.63, 3.8) is 0 Å². The lowest BCUT2D eigenvalue weighted by Crippen LogP contribution is -2.09. The van der Waals surface area contributed by atoms with E-state index in [1.165, 1.54) is 11.1 Å². The van der Waals surface area contributed by atoms with Gasteiger partial charge in [-0.2, -0.15) is 0 Å². The number of aliphatic hydroxyl groups excluding tert-OH is 1. The maximum Gasteiger partial charge on any atom is 0.104 e. The van der Waals surface area contributed by atoms with Gasteiger partial charge in [0.1, 0.15) is 6.10 Å². The summed E-state index contributed by atoms with van der Waals surface area (Å²) in [5.41, 5.74) is 9.90. The highest BCUT2D eigenvalue weighted by atomic mass is 16.3. The highest BCUT2D eigenvalue weighted by Crippen LogP contribution is 2.25. The molecule has 2 rings (SSSR count). The zero-order valence-corrected chi connectivity index (χ0v) is 11.5. The minimum absolute atomic E-state index is 0.310. The lowest BCUT2D eigenvalue weighted by molar-refractivity contribution is 0.220. The average molecular weight is 255 g/mol. The Morgan fingerprint density at radius 3 is 2.26 bits per heavy atom. The van der Waals surface area contributed by atoms with Crippen LogP contribution >= 0.6 is 0 Å². The molecule has 19 heavy (non-hydrogen) atoms. The van der Waals surface area contributed by atoms with Crippen molar-refractivity contribution in [2.45, 2.75) is 25.9 Å². The summed E-state index contributed by atoms with van der Waals surface area (Å²) in [6, 6.07) is 16.0. The Morgan fingerprint density at radius 1 is 1.00 bits per heavy atom. The minimum atomic E-state index is -0.578. The number of hydrogen-bond donors (Lipinski definition) is 2. The van der Waals surface area contributed by atoms with Crippen LogP contribution in [0.1, 0.15) is 41.2 Å². The van der Waals surface area contributed by atoms with E-state index >= 15 is 0 Å². The third kappa shape index (κ3) is 3.22. The standard InChI is InChI=1S/C17H21NO/c1-12-6-8-14(9-7-12)17(19)16-5-3-4-15(10-16)13(2)11-18/h3-10,13,17,19H,11,18H2,1-2H3. The quantitative estimate of drug-likeness (QED) is 0.881. The number of benzene rings is 2. The van der Waals surface area contributed by atoms with Gasteiger partial charge in [0.15, 0.2) is 0 Å². The molecule has 0 saturated heterocycles. The van der Waals surface area contributed by atoms with Crippen molar-refractivity contribution in [2.24, 2.45) is 5.73 Å². The summed E-state index contributed by atoms with van der Waals surface area (Å²) in [7, 11) is 0. The van der Waals surface area contributed by atoms with E-state index in [0.717, 1.165) is 11.1 Å². The molecule has 0 aliphatic rings. The topological polar surface area (TPSA) is 46.2 Å². The predicted molar refractivity (Wildman–Crippen MR) is 79.2 cm³/mol. The van der Waals surface area contributed by atoms with Gasteiger partial charge in [0, 0.05) is 0 Å². The molecule has 2 aromatic rings. The summed E-state index contributed by atoms with van der Waals surface area (Å²) < 4.78 is 0. The molecule has 0 bridgehead atoms. The summed E-state index contributed by atoms with van der Waals surface area (Å²) in [6.07, 6.45) is -0.578. The van der Waals surface area contributed by atoms with E-state index in [4.69, 9.17) is 5.73 Å². The van der Waals surface area contributed by atoms with Gasteiger partial charge < -0.3 is 10.8 Å². The fourth-order valence-corrected chi connectivity index (χ4v) is 2.11. The van der Waals surface area contributed by atoms with Gasteiger partial charge in [-0.15, -0.1) is 0 Å². The molecule has 0 aromatic heterocycles. The smallest absolute Gasteiger partial charge is 0.104 e. The second kappa shape index (κ2) is 6.00. The normalized spacial score (nSPS) is 14.1. The molecule has 3 N–H and O–H groups in total. The van der Waals surface area contributed by atoms with E-state index in [-0.39, 0.29) is 0 Å². The first-order valence-corrected chi connectivity index (χ1v) is 6.66. The van der Waals surface area contributed by atoms with E-state index in [9.17, 15) is 5.11 Å². The van der Waals surface area contributed by atoms with Crippen LogP contribution in [-0.4, -0.2) is 11.7 Å². The van der Waals surface area contributed by atoms with Crippen molar-refractivity contribution in [1.29, 1.82) is 0 Å². The molecule has 0 saturated carbocycles. The molecule has 100 valence electrons. The molecule has 0 heterocycles. The largest absolute Gasteiger partial charge is 0.384 e. The molecule has 2 unspecified atom stereocenters. The van der Waals surface area contributed by atoms with E-state index < -0.39 is 6.10 Å². The summed E-state index contributed by atoms with van der Waals surface area (Å²) in [5.74, 6) is 0.310. The van der Waals surface area contributed by atoms with Crippen LogP contribution in [0, 0.1) is 6.92 Å². The number of aryl methyl sites for hydroxylation is 1. The Bertz CT molecular complexity index is 533. The van der Waals surface area contributed by atoms with Gasteiger partial charge in [-0.1, -0.05) is 61.0 Å². The van der Waals surface area contributed by atoms with Crippen LogP contribution in [0.15, 0.2) is 48.5 Å². The first-order valence-electron chi connectivity index (χ1n) is 6.66. The second-order valence-electron chi connectivity index (χ2n) is 5.12. The predicted octanol–water partition coefficient (Wildman–Crippen LogP) is 3.14. The van der Waals surface area contributed by atoms with Crippen LogP contribution in [-0.2, 0) is 0 Å². The van der Waals surface area contributed by atoms with Crippen LogP contribution in [0.4, 0.5) is 0 Å². The first kappa shape index (κ1) is 13.8. The summed E-state index contributed by atoms with van der Waals surface area (Å²) in [5, 5.41) is 10.4. The van der Waals surface area contributed by atoms with Gasteiger partial charge in [0.25, 0.3) is 0 Å². The maximum absolute atomic E-state index is 10.4. The highest BCUT2D eigenvalue weighted by molar-refractivity contribution is 5.34. The molecule has 0 amide bonds. The van der Waals surface area contributed by atoms with Gasteiger partial charge in [0.05, 0.1) is 0 Å².